The summed E-state index contributed by atoms with van der Waals surface area (Å²) in [5.74, 6) is 0. The van der Waals surface area contributed by atoms with E-state index in [0.717, 1.165) is 0 Å². The van der Waals surface area contributed by atoms with Crippen LogP contribution in [0.15, 0.2) is 43.0 Å². The van der Waals surface area contributed by atoms with Gasteiger partial charge in [0.2, 0.25) is 0 Å². The van der Waals surface area contributed by atoms with E-state index < -0.39 is 0 Å². The van der Waals surface area contributed by atoms with Gasteiger partial charge in [-0.15, -0.1) is 0 Å². The first-order chi connectivity index (χ1) is 7.76. The average molecular weight is 320 g/mol. The number of hydrogen-bond acceptors (Lipinski definition) is 0. The van der Waals surface area contributed by atoms with E-state index in [1.807, 2.05) is 13.0 Å². The van der Waals surface area contributed by atoms with Gasteiger partial charge < -0.3 is 0 Å². The molecular formula is C15H13I. The van der Waals surface area contributed by atoms with Gasteiger partial charge in [-0.2, -0.15) is 0 Å². The topological polar surface area (TPSA) is 0 Å². The van der Waals surface area contributed by atoms with E-state index in [0.29, 0.717) is 0 Å². The fraction of sp³-hybridized carbons (Fsp3) is 0.0667. The molecule has 0 radical (unpaired) electrons. The van der Waals surface area contributed by atoms with Crippen LogP contribution in [0.2, 0.25) is 0 Å². The van der Waals surface area contributed by atoms with Crippen molar-refractivity contribution in [1.29, 1.82) is 0 Å². The van der Waals surface area contributed by atoms with Crippen LogP contribution >= 0.6 is 22.6 Å². The number of allylic oxidation sites excluding steroid dienone is 1. The van der Waals surface area contributed by atoms with Gasteiger partial charge in [-0.25, -0.2) is 0 Å². The van der Waals surface area contributed by atoms with E-state index >= 15 is 0 Å². The van der Waals surface area contributed by atoms with Crippen LogP contribution in [0.1, 0.15) is 18.1 Å². The molecule has 0 fully saturated rings. The Morgan fingerprint density at radius 2 is 1.94 bits per heavy atom. The maximum absolute atomic E-state index is 3.87. The first-order valence-corrected chi connectivity index (χ1v) is 6.31. The fourth-order valence-corrected chi connectivity index (χ4v) is 2.35. The second kappa shape index (κ2) is 4.83. The molecule has 0 heterocycles. The second-order valence-electron chi connectivity index (χ2n) is 3.64. The van der Waals surface area contributed by atoms with Crippen molar-refractivity contribution in [3.05, 3.63) is 57.7 Å². The van der Waals surface area contributed by atoms with Gasteiger partial charge in [0.25, 0.3) is 0 Å². The van der Waals surface area contributed by atoms with Gasteiger partial charge in [-0.05, 0) is 63.5 Å². The lowest BCUT2D eigenvalue weighted by molar-refractivity contribution is 1.63. The summed E-state index contributed by atoms with van der Waals surface area (Å²) in [7, 11) is 0. The molecule has 2 aromatic carbocycles. The molecule has 16 heavy (non-hydrogen) atoms. The molecule has 0 bridgehead atoms. The first kappa shape index (κ1) is 11.4. The number of benzene rings is 2. The van der Waals surface area contributed by atoms with Crippen LogP contribution in [0.25, 0.3) is 22.9 Å². The maximum Gasteiger partial charge on any atom is 0.0136 e. The molecule has 2 aromatic rings. The quantitative estimate of drug-likeness (QED) is 0.674. The van der Waals surface area contributed by atoms with Crippen molar-refractivity contribution in [2.45, 2.75) is 6.92 Å². The molecule has 0 saturated heterocycles. The van der Waals surface area contributed by atoms with E-state index in [2.05, 4.69) is 71.7 Å². The van der Waals surface area contributed by atoms with Crippen LogP contribution < -0.4 is 0 Å². The number of rotatable bonds is 2. The summed E-state index contributed by atoms with van der Waals surface area (Å²) in [5.41, 5.74) is 2.45. The summed E-state index contributed by atoms with van der Waals surface area (Å²) in [6.07, 6.45) is 6.13. The highest BCUT2D eigenvalue weighted by Crippen LogP contribution is 2.26. The molecule has 0 aliphatic carbocycles. The highest BCUT2D eigenvalue weighted by molar-refractivity contribution is 14.1. The molecule has 0 N–H and O–H groups in total. The Labute approximate surface area is 110 Å². The number of hydrogen-bond donors (Lipinski definition) is 0. The van der Waals surface area contributed by atoms with E-state index in [1.165, 1.54) is 25.5 Å². The molecular weight excluding hydrogens is 307 g/mol. The molecule has 0 amide bonds. The third kappa shape index (κ3) is 2.05. The van der Waals surface area contributed by atoms with Gasteiger partial charge in [-0.1, -0.05) is 43.0 Å². The fourth-order valence-electron chi connectivity index (χ4n) is 1.86. The molecule has 0 saturated carbocycles. The third-order valence-corrected chi connectivity index (χ3v) is 3.28. The van der Waals surface area contributed by atoms with Crippen LogP contribution in [-0.2, 0) is 0 Å². The minimum Gasteiger partial charge on any atom is -0.0984 e. The lowest BCUT2D eigenvalue weighted by atomic mass is 9.98. The molecule has 0 atom stereocenters. The normalized spacial score (nSPS) is 11.1. The van der Waals surface area contributed by atoms with E-state index in [-0.39, 0.29) is 0 Å². The van der Waals surface area contributed by atoms with Crippen molar-refractivity contribution in [3.63, 3.8) is 0 Å². The lowest BCUT2D eigenvalue weighted by Gasteiger charge is -2.07. The highest BCUT2D eigenvalue weighted by Gasteiger charge is 2.03. The Kier molecular flexibility index (Phi) is 3.44. The molecule has 0 aliphatic rings. The van der Waals surface area contributed by atoms with Crippen molar-refractivity contribution in [3.8, 4) is 0 Å². The van der Waals surface area contributed by atoms with Gasteiger partial charge in [0, 0.05) is 3.57 Å². The Bertz CT molecular complexity index is 565. The van der Waals surface area contributed by atoms with Crippen LogP contribution in [0.3, 0.4) is 0 Å². The van der Waals surface area contributed by atoms with Crippen molar-refractivity contribution in [2.24, 2.45) is 0 Å². The van der Waals surface area contributed by atoms with E-state index in [4.69, 9.17) is 0 Å². The molecule has 1 heteroatoms. The summed E-state index contributed by atoms with van der Waals surface area (Å²) in [6.45, 7) is 5.91. The van der Waals surface area contributed by atoms with Crippen LogP contribution in [0, 0.1) is 3.57 Å². The molecule has 80 valence electrons. The lowest BCUT2D eigenvalue weighted by Crippen LogP contribution is -1.85. The van der Waals surface area contributed by atoms with Gasteiger partial charge in [0.15, 0.2) is 0 Å². The number of halogens is 1. The van der Waals surface area contributed by atoms with Crippen molar-refractivity contribution >= 4 is 45.5 Å². The van der Waals surface area contributed by atoms with Gasteiger partial charge in [0.05, 0.1) is 0 Å². The van der Waals surface area contributed by atoms with Crippen LogP contribution in [0.4, 0.5) is 0 Å². The van der Waals surface area contributed by atoms with Gasteiger partial charge in [0.1, 0.15) is 0 Å². The monoisotopic (exact) mass is 320 g/mol. The zero-order chi connectivity index (χ0) is 11.5. The molecule has 0 unspecified atom stereocenters. The summed E-state index contributed by atoms with van der Waals surface area (Å²) in [4.78, 5) is 0. The minimum atomic E-state index is 1.19. The Morgan fingerprint density at radius 1 is 1.19 bits per heavy atom. The second-order valence-corrected chi connectivity index (χ2v) is 4.88. The average Bonchev–Trinajstić information content (AvgIpc) is 2.30. The highest BCUT2D eigenvalue weighted by atomic mass is 127. The van der Waals surface area contributed by atoms with Gasteiger partial charge in [-0.3, -0.25) is 0 Å². The zero-order valence-electron chi connectivity index (χ0n) is 9.20. The van der Waals surface area contributed by atoms with Crippen molar-refractivity contribution in [2.75, 3.05) is 0 Å². The molecule has 0 nitrogen and oxygen atoms in total. The standard InChI is InChI=1S/C15H13I/c1-3-5-14-11(4-2)6-7-12-8-9-13(16)10-15(12)14/h3-10H,2H2,1H3/b5-3-. The molecule has 0 aliphatic heterocycles. The smallest absolute Gasteiger partial charge is 0.0136 e. The summed E-state index contributed by atoms with van der Waals surface area (Å²) >= 11 is 2.35. The minimum absolute atomic E-state index is 1.19. The molecule has 0 aromatic heterocycles. The summed E-state index contributed by atoms with van der Waals surface area (Å²) in [6, 6.07) is 10.8. The van der Waals surface area contributed by atoms with Crippen LogP contribution in [0.5, 0.6) is 0 Å². The van der Waals surface area contributed by atoms with E-state index in [1.54, 1.807) is 0 Å². The Balaban J connectivity index is 2.86. The predicted octanol–water partition coefficient (Wildman–Crippen LogP) is 5.12. The van der Waals surface area contributed by atoms with Crippen molar-refractivity contribution < 1.29 is 0 Å². The zero-order valence-corrected chi connectivity index (χ0v) is 11.4. The molecule has 2 rings (SSSR count). The maximum atomic E-state index is 3.87. The van der Waals surface area contributed by atoms with Crippen molar-refractivity contribution in [1.82, 2.24) is 0 Å². The Hall–Kier alpha value is -1.09. The number of fused-ring (bicyclic) bond motifs is 1. The first-order valence-electron chi connectivity index (χ1n) is 5.23. The Morgan fingerprint density at radius 3 is 2.62 bits per heavy atom. The largest absolute Gasteiger partial charge is 0.0984 e. The molecule has 0 spiro atoms. The van der Waals surface area contributed by atoms with E-state index in [9.17, 15) is 0 Å². The van der Waals surface area contributed by atoms with Gasteiger partial charge >= 0.3 is 0 Å². The summed E-state index contributed by atoms with van der Waals surface area (Å²) < 4.78 is 1.26. The predicted molar refractivity (Wildman–Crippen MR) is 81.5 cm³/mol. The summed E-state index contributed by atoms with van der Waals surface area (Å²) in [5, 5.41) is 2.57. The third-order valence-electron chi connectivity index (χ3n) is 2.61. The van der Waals surface area contributed by atoms with Crippen LogP contribution in [-0.4, -0.2) is 0 Å². The SMILES string of the molecule is C=Cc1ccc2ccc(I)cc2c1/C=C\C.